The molecule has 2 aromatic carbocycles. The maximum absolute atomic E-state index is 13.1. The summed E-state index contributed by atoms with van der Waals surface area (Å²) in [4.78, 5) is 0. The van der Waals surface area contributed by atoms with Gasteiger partial charge in [-0.25, -0.2) is 9.07 Å². The number of methoxy groups -OCH3 is 1. The largest absolute Gasteiger partial charge is 0.497 e. The molecule has 0 atom stereocenters. The van der Waals surface area contributed by atoms with Crippen molar-refractivity contribution in [2.45, 2.75) is 13.5 Å². The number of rotatable bonds is 5. The van der Waals surface area contributed by atoms with E-state index in [1.54, 1.807) is 48.2 Å². The van der Waals surface area contributed by atoms with Crippen LogP contribution in [0, 0.1) is 12.7 Å². The van der Waals surface area contributed by atoms with E-state index >= 15 is 0 Å². The Kier molecular flexibility index (Phi) is 4.37. The first-order valence-electron chi connectivity index (χ1n) is 8.27. The highest BCUT2D eigenvalue weighted by atomic mass is 19.1. The Morgan fingerprint density at radius 1 is 0.926 bits per heavy atom. The summed E-state index contributed by atoms with van der Waals surface area (Å²) in [5.41, 5.74) is 2.77. The van der Waals surface area contributed by atoms with Gasteiger partial charge in [-0.05, 0) is 48.9 Å². The van der Waals surface area contributed by atoms with Gasteiger partial charge in [0.2, 0.25) is 0 Å². The fourth-order valence-corrected chi connectivity index (χ4v) is 2.68. The lowest BCUT2D eigenvalue weighted by molar-refractivity contribution is 0.412. The Balaban J connectivity index is 1.72. The third-order valence-corrected chi connectivity index (χ3v) is 4.09. The van der Waals surface area contributed by atoms with E-state index in [2.05, 4.69) is 20.5 Å². The van der Waals surface area contributed by atoms with Crippen molar-refractivity contribution in [2.24, 2.45) is 0 Å². The average Bonchev–Trinajstić information content (AvgIpc) is 3.11. The van der Waals surface area contributed by atoms with E-state index in [-0.39, 0.29) is 5.82 Å². The van der Waals surface area contributed by atoms with Gasteiger partial charge in [-0.3, -0.25) is 0 Å². The van der Waals surface area contributed by atoms with Crippen LogP contribution in [0.15, 0.2) is 48.5 Å². The third kappa shape index (κ3) is 3.41. The number of aromatic nitrogens is 5. The first kappa shape index (κ1) is 16.9. The minimum atomic E-state index is -0.285. The molecule has 0 aliphatic rings. The fourth-order valence-electron chi connectivity index (χ4n) is 2.68. The maximum atomic E-state index is 13.1. The molecule has 0 unspecified atom stereocenters. The summed E-state index contributed by atoms with van der Waals surface area (Å²) < 4.78 is 25.9. The van der Waals surface area contributed by atoms with Gasteiger partial charge in [0.25, 0.3) is 5.88 Å². The number of ether oxygens (including phenoxy) is 2. The predicted octanol–water partition coefficient (Wildman–Crippen LogP) is 3.52. The SMILES string of the molecule is COc1ccc(Oc2nnc(C)c3nnn(Cc4ccc(F)cc4)c23)cc1. The van der Waals surface area contributed by atoms with E-state index in [1.807, 2.05) is 6.92 Å². The quantitative estimate of drug-likeness (QED) is 0.539. The van der Waals surface area contributed by atoms with Crippen molar-refractivity contribution in [2.75, 3.05) is 7.11 Å². The van der Waals surface area contributed by atoms with Crippen molar-refractivity contribution in [1.82, 2.24) is 25.2 Å². The molecule has 0 fully saturated rings. The standard InChI is InChI=1S/C19H16FN5O2/c1-12-17-18(25(24-22-17)11-13-3-5-14(20)6-4-13)19(23-21-12)27-16-9-7-15(26-2)8-10-16/h3-10H,11H2,1-2H3. The van der Waals surface area contributed by atoms with Gasteiger partial charge in [0.1, 0.15) is 22.8 Å². The van der Waals surface area contributed by atoms with Crippen molar-refractivity contribution >= 4 is 11.0 Å². The van der Waals surface area contributed by atoms with Gasteiger partial charge < -0.3 is 9.47 Å². The summed E-state index contributed by atoms with van der Waals surface area (Å²) in [5, 5.41) is 16.7. The topological polar surface area (TPSA) is 75.0 Å². The second-order valence-corrected chi connectivity index (χ2v) is 5.94. The average molecular weight is 365 g/mol. The summed E-state index contributed by atoms with van der Waals surface area (Å²) in [6.45, 7) is 2.21. The molecule has 136 valence electrons. The molecule has 8 heteroatoms. The Bertz CT molecular complexity index is 1080. The Labute approximate surface area is 154 Å². The van der Waals surface area contributed by atoms with Crippen molar-refractivity contribution in [3.05, 3.63) is 65.6 Å². The lowest BCUT2D eigenvalue weighted by Crippen LogP contribution is -2.04. The van der Waals surface area contributed by atoms with Crippen LogP contribution in [-0.2, 0) is 6.54 Å². The monoisotopic (exact) mass is 365 g/mol. The summed E-state index contributed by atoms with van der Waals surface area (Å²) in [6, 6.07) is 13.4. The number of hydrogen-bond acceptors (Lipinski definition) is 6. The van der Waals surface area contributed by atoms with Crippen LogP contribution in [-0.4, -0.2) is 32.3 Å². The molecule has 4 aromatic rings. The van der Waals surface area contributed by atoms with Crippen LogP contribution < -0.4 is 9.47 Å². The van der Waals surface area contributed by atoms with Crippen molar-refractivity contribution in [1.29, 1.82) is 0 Å². The molecule has 4 rings (SSSR count). The Morgan fingerprint density at radius 3 is 2.33 bits per heavy atom. The summed E-state index contributed by atoms with van der Waals surface area (Å²) in [5.74, 6) is 1.33. The number of hydrogen-bond donors (Lipinski definition) is 0. The Morgan fingerprint density at radius 2 is 1.63 bits per heavy atom. The molecular weight excluding hydrogens is 349 g/mol. The van der Waals surface area contributed by atoms with Crippen LogP contribution >= 0.6 is 0 Å². The van der Waals surface area contributed by atoms with Gasteiger partial charge in [-0.2, -0.15) is 0 Å². The van der Waals surface area contributed by atoms with E-state index in [9.17, 15) is 4.39 Å². The molecule has 0 aliphatic carbocycles. The molecule has 0 amide bonds. The van der Waals surface area contributed by atoms with E-state index in [1.165, 1.54) is 12.1 Å². The fraction of sp³-hybridized carbons (Fsp3) is 0.158. The summed E-state index contributed by atoms with van der Waals surface area (Å²) in [7, 11) is 1.60. The normalized spacial score (nSPS) is 10.9. The third-order valence-electron chi connectivity index (χ3n) is 4.09. The van der Waals surface area contributed by atoms with E-state index < -0.39 is 0 Å². The number of nitrogens with zero attached hydrogens (tertiary/aromatic N) is 5. The molecule has 0 spiro atoms. The number of halogens is 1. The van der Waals surface area contributed by atoms with E-state index in [4.69, 9.17) is 9.47 Å². The summed E-state index contributed by atoms with van der Waals surface area (Å²) in [6.07, 6.45) is 0. The first-order chi connectivity index (χ1) is 13.1. The maximum Gasteiger partial charge on any atom is 0.267 e. The smallest absolute Gasteiger partial charge is 0.267 e. The molecule has 27 heavy (non-hydrogen) atoms. The molecular formula is C19H16FN5O2. The zero-order chi connectivity index (χ0) is 18.8. The van der Waals surface area contributed by atoms with Crippen molar-refractivity contribution in [3.8, 4) is 17.4 Å². The molecule has 2 heterocycles. The van der Waals surface area contributed by atoms with Gasteiger partial charge in [0.05, 0.1) is 19.3 Å². The minimum Gasteiger partial charge on any atom is -0.497 e. The zero-order valence-corrected chi connectivity index (χ0v) is 14.8. The molecule has 0 saturated heterocycles. The molecule has 0 radical (unpaired) electrons. The van der Waals surface area contributed by atoms with Crippen LogP contribution in [0.1, 0.15) is 11.3 Å². The number of aryl methyl sites for hydroxylation is 1. The molecule has 7 nitrogen and oxygen atoms in total. The zero-order valence-electron chi connectivity index (χ0n) is 14.8. The van der Waals surface area contributed by atoms with Gasteiger partial charge in [0, 0.05) is 0 Å². The molecule has 0 aliphatic heterocycles. The van der Waals surface area contributed by atoms with Crippen LogP contribution in [0.3, 0.4) is 0 Å². The minimum absolute atomic E-state index is 0.285. The second-order valence-electron chi connectivity index (χ2n) is 5.94. The molecule has 0 N–H and O–H groups in total. The molecule has 0 saturated carbocycles. The summed E-state index contributed by atoms with van der Waals surface area (Å²) >= 11 is 0. The molecule has 2 aromatic heterocycles. The highest BCUT2D eigenvalue weighted by Gasteiger charge is 2.17. The number of fused-ring (bicyclic) bond motifs is 1. The van der Waals surface area contributed by atoms with Crippen LogP contribution in [0.4, 0.5) is 4.39 Å². The Hall–Kier alpha value is -3.55. The van der Waals surface area contributed by atoms with Gasteiger partial charge in [0.15, 0.2) is 5.52 Å². The lowest BCUT2D eigenvalue weighted by atomic mass is 10.2. The van der Waals surface area contributed by atoms with Crippen LogP contribution in [0.5, 0.6) is 17.4 Å². The highest BCUT2D eigenvalue weighted by Crippen LogP contribution is 2.28. The van der Waals surface area contributed by atoms with Crippen LogP contribution in [0.25, 0.3) is 11.0 Å². The second kappa shape index (κ2) is 6.99. The van der Waals surface area contributed by atoms with Crippen molar-refractivity contribution in [3.63, 3.8) is 0 Å². The van der Waals surface area contributed by atoms with Crippen LogP contribution in [0.2, 0.25) is 0 Å². The first-order valence-corrected chi connectivity index (χ1v) is 8.27. The van der Waals surface area contributed by atoms with Gasteiger partial charge in [-0.1, -0.05) is 17.3 Å². The lowest BCUT2D eigenvalue weighted by Gasteiger charge is -2.09. The molecule has 0 bridgehead atoms. The van der Waals surface area contributed by atoms with Gasteiger partial charge in [-0.15, -0.1) is 15.3 Å². The van der Waals surface area contributed by atoms with E-state index in [0.29, 0.717) is 34.9 Å². The van der Waals surface area contributed by atoms with E-state index in [0.717, 1.165) is 11.3 Å². The predicted molar refractivity (Wildman–Crippen MR) is 96.4 cm³/mol. The number of benzene rings is 2. The van der Waals surface area contributed by atoms with Gasteiger partial charge >= 0.3 is 0 Å². The van der Waals surface area contributed by atoms with Crippen molar-refractivity contribution < 1.29 is 13.9 Å². The highest BCUT2D eigenvalue weighted by molar-refractivity contribution is 5.81.